The lowest BCUT2D eigenvalue weighted by atomic mass is 10.1. The van der Waals surface area contributed by atoms with Gasteiger partial charge < -0.3 is 0 Å². The third-order valence-electron chi connectivity index (χ3n) is 3.96. The number of hydrogen-bond donors (Lipinski definition) is 0. The second-order valence-corrected chi connectivity index (χ2v) is 6.28. The van der Waals surface area contributed by atoms with E-state index in [1.807, 2.05) is 16.9 Å². The van der Waals surface area contributed by atoms with Crippen LogP contribution in [0.5, 0.6) is 0 Å². The normalized spacial score (nSPS) is 15.5. The summed E-state index contributed by atoms with van der Waals surface area (Å²) in [4.78, 5) is 12.2. The molecule has 3 nitrogen and oxygen atoms in total. The van der Waals surface area contributed by atoms with Crippen molar-refractivity contribution in [1.82, 2.24) is 9.78 Å². The summed E-state index contributed by atoms with van der Waals surface area (Å²) in [6, 6.07) is 7.07. The average molecular weight is 351 g/mol. The van der Waals surface area contributed by atoms with Crippen molar-refractivity contribution in [2.75, 3.05) is 0 Å². The lowest BCUT2D eigenvalue weighted by Crippen LogP contribution is -2.09. The molecule has 1 aliphatic rings. The van der Waals surface area contributed by atoms with Crippen molar-refractivity contribution in [3.8, 4) is 0 Å². The van der Waals surface area contributed by atoms with Gasteiger partial charge in [0.15, 0.2) is 5.78 Å². The molecule has 0 unspecified atom stereocenters. The SMILES string of the molecule is O=C(Cc1ccn(C2CCCC2)n1)c1cccc(Br)c1F. The molecule has 5 heteroatoms. The van der Waals surface area contributed by atoms with Crippen molar-refractivity contribution in [3.63, 3.8) is 0 Å². The summed E-state index contributed by atoms with van der Waals surface area (Å²) in [7, 11) is 0. The Morgan fingerprint density at radius 3 is 2.86 bits per heavy atom. The molecule has 21 heavy (non-hydrogen) atoms. The van der Waals surface area contributed by atoms with E-state index in [1.165, 1.54) is 18.9 Å². The molecule has 1 heterocycles. The fourth-order valence-corrected chi connectivity index (χ4v) is 3.19. The van der Waals surface area contributed by atoms with Crippen molar-refractivity contribution in [1.29, 1.82) is 0 Å². The zero-order valence-corrected chi connectivity index (χ0v) is 13.1. The first-order chi connectivity index (χ1) is 10.1. The summed E-state index contributed by atoms with van der Waals surface area (Å²) in [6.07, 6.45) is 6.83. The summed E-state index contributed by atoms with van der Waals surface area (Å²) < 4.78 is 16.2. The van der Waals surface area contributed by atoms with Crippen LogP contribution in [0.3, 0.4) is 0 Å². The van der Waals surface area contributed by atoms with Crippen LogP contribution in [0.25, 0.3) is 0 Å². The largest absolute Gasteiger partial charge is 0.294 e. The number of Topliss-reactive ketones (excluding diaryl/α,β-unsaturated/α-hetero) is 1. The topological polar surface area (TPSA) is 34.9 Å². The average Bonchev–Trinajstić information content (AvgIpc) is 3.12. The van der Waals surface area contributed by atoms with Gasteiger partial charge in [-0.25, -0.2) is 4.39 Å². The Morgan fingerprint density at radius 2 is 2.10 bits per heavy atom. The molecule has 110 valence electrons. The highest BCUT2D eigenvalue weighted by Gasteiger charge is 2.19. The van der Waals surface area contributed by atoms with Crippen LogP contribution in [0.4, 0.5) is 4.39 Å². The van der Waals surface area contributed by atoms with Crippen LogP contribution in [0.1, 0.15) is 47.8 Å². The van der Waals surface area contributed by atoms with E-state index in [0.29, 0.717) is 16.2 Å². The van der Waals surface area contributed by atoms with E-state index in [9.17, 15) is 9.18 Å². The van der Waals surface area contributed by atoms with E-state index >= 15 is 0 Å². The van der Waals surface area contributed by atoms with Crippen LogP contribution in [0, 0.1) is 5.82 Å². The summed E-state index contributed by atoms with van der Waals surface area (Å²) in [5.41, 5.74) is 0.811. The van der Waals surface area contributed by atoms with E-state index in [1.54, 1.807) is 12.1 Å². The highest BCUT2D eigenvalue weighted by Crippen LogP contribution is 2.28. The number of benzene rings is 1. The Kier molecular flexibility index (Phi) is 4.19. The van der Waals surface area contributed by atoms with Gasteiger partial charge in [0.1, 0.15) is 5.82 Å². The molecule has 1 saturated carbocycles. The first-order valence-corrected chi connectivity index (χ1v) is 7.95. The molecule has 0 spiro atoms. The minimum absolute atomic E-state index is 0.111. The lowest BCUT2D eigenvalue weighted by Gasteiger charge is -2.08. The fraction of sp³-hybridized carbons (Fsp3) is 0.375. The molecule has 0 amide bonds. The van der Waals surface area contributed by atoms with Gasteiger partial charge in [-0.3, -0.25) is 9.48 Å². The lowest BCUT2D eigenvalue weighted by molar-refractivity contribution is 0.0987. The molecular weight excluding hydrogens is 335 g/mol. The van der Waals surface area contributed by atoms with E-state index in [-0.39, 0.29) is 17.8 Å². The van der Waals surface area contributed by atoms with Crippen LogP contribution in [0.2, 0.25) is 0 Å². The van der Waals surface area contributed by atoms with E-state index in [2.05, 4.69) is 21.0 Å². The molecule has 0 saturated heterocycles. The highest BCUT2D eigenvalue weighted by molar-refractivity contribution is 9.10. The predicted molar refractivity (Wildman–Crippen MR) is 81.9 cm³/mol. The molecule has 1 fully saturated rings. The molecule has 0 aliphatic heterocycles. The maximum atomic E-state index is 13.9. The van der Waals surface area contributed by atoms with Crippen LogP contribution in [-0.4, -0.2) is 15.6 Å². The molecule has 0 N–H and O–H groups in total. The summed E-state index contributed by atoms with van der Waals surface area (Å²) in [6.45, 7) is 0. The van der Waals surface area contributed by atoms with Gasteiger partial charge in [0.05, 0.1) is 28.2 Å². The smallest absolute Gasteiger partial charge is 0.171 e. The Hall–Kier alpha value is -1.49. The molecular formula is C16H16BrFN2O. The zero-order chi connectivity index (χ0) is 14.8. The third-order valence-corrected chi connectivity index (χ3v) is 4.57. The molecule has 1 aromatic heterocycles. The maximum Gasteiger partial charge on any atom is 0.171 e. The Balaban J connectivity index is 1.74. The van der Waals surface area contributed by atoms with Crippen molar-refractivity contribution >= 4 is 21.7 Å². The van der Waals surface area contributed by atoms with Crippen molar-refractivity contribution in [2.24, 2.45) is 0 Å². The monoisotopic (exact) mass is 350 g/mol. The van der Waals surface area contributed by atoms with Gasteiger partial charge in [0.25, 0.3) is 0 Å². The number of hydrogen-bond acceptors (Lipinski definition) is 2. The van der Waals surface area contributed by atoms with Crippen molar-refractivity contribution in [2.45, 2.75) is 38.1 Å². The fourth-order valence-electron chi connectivity index (χ4n) is 2.82. The maximum absolute atomic E-state index is 13.9. The van der Waals surface area contributed by atoms with E-state index < -0.39 is 5.82 Å². The number of carbonyl (C=O) groups is 1. The summed E-state index contributed by atoms with van der Waals surface area (Å²) in [5.74, 6) is -0.747. The predicted octanol–water partition coefficient (Wildman–Crippen LogP) is 4.33. The molecule has 0 bridgehead atoms. The number of rotatable bonds is 4. The van der Waals surface area contributed by atoms with Gasteiger partial charge in [-0.05, 0) is 47.0 Å². The summed E-state index contributed by atoms with van der Waals surface area (Å²) >= 11 is 3.10. The summed E-state index contributed by atoms with van der Waals surface area (Å²) in [5, 5.41) is 4.47. The molecule has 0 atom stereocenters. The quantitative estimate of drug-likeness (QED) is 0.769. The Morgan fingerprint density at radius 1 is 1.33 bits per heavy atom. The minimum atomic E-state index is -0.502. The van der Waals surface area contributed by atoms with Crippen molar-refractivity contribution < 1.29 is 9.18 Å². The van der Waals surface area contributed by atoms with Gasteiger partial charge in [-0.1, -0.05) is 18.9 Å². The van der Waals surface area contributed by atoms with Crippen LogP contribution < -0.4 is 0 Å². The molecule has 3 rings (SSSR count). The van der Waals surface area contributed by atoms with Crippen LogP contribution in [0.15, 0.2) is 34.9 Å². The third kappa shape index (κ3) is 3.07. The van der Waals surface area contributed by atoms with Crippen LogP contribution >= 0.6 is 15.9 Å². The molecule has 1 aliphatic carbocycles. The Labute approximate surface area is 131 Å². The van der Waals surface area contributed by atoms with Gasteiger partial charge >= 0.3 is 0 Å². The van der Waals surface area contributed by atoms with Gasteiger partial charge in [0.2, 0.25) is 0 Å². The van der Waals surface area contributed by atoms with Crippen LogP contribution in [-0.2, 0) is 6.42 Å². The second-order valence-electron chi connectivity index (χ2n) is 5.43. The number of ketones is 1. The zero-order valence-electron chi connectivity index (χ0n) is 11.6. The number of nitrogens with zero attached hydrogens (tertiary/aromatic N) is 2. The van der Waals surface area contributed by atoms with E-state index in [0.717, 1.165) is 12.8 Å². The number of aromatic nitrogens is 2. The van der Waals surface area contributed by atoms with Gasteiger partial charge in [-0.2, -0.15) is 5.10 Å². The van der Waals surface area contributed by atoms with Gasteiger partial charge in [0, 0.05) is 6.20 Å². The molecule has 1 aromatic carbocycles. The second kappa shape index (κ2) is 6.10. The van der Waals surface area contributed by atoms with Gasteiger partial charge in [-0.15, -0.1) is 0 Å². The Bertz CT molecular complexity index is 662. The number of halogens is 2. The van der Waals surface area contributed by atoms with E-state index in [4.69, 9.17) is 0 Å². The number of carbonyl (C=O) groups excluding carboxylic acids is 1. The van der Waals surface area contributed by atoms with Crippen molar-refractivity contribution in [3.05, 3.63) is 52.0 Å². The minimum Gasteiger partial charge on any atom is -0.294 e. The molecule has 2 aromatic rings. The molecule has 0 radical (unpaired) electrons. The highest BCUT2D eigenvalue weighted by atomic mass is 79.9. The standard InChI is InChI=1S/C16H16BrFN2O/c17-14-7-3-6-13(16(14)18)15(21)10-11-8-9-20(19-11)12-4-1-2-5-12/h3,6-9,12H,1-2,4-5,10H2. The first kappa shape index (κ1) is 14.4. The first-order valence-electron chi connectivity index (χ1n) is 7.16.